The zero-order valence-corrected chi connectivity index (χ0v) is 8.98. The van der Waals surface area contributed by atoms with Gasteiger partial charge in [0.1, 0.15) is 12.7 Å². The molecule has 0 aromatic heterocycles. The number of ether oxygens (including phenoxy) is 3. The molecule has 5 nitrogen and oxygen atoms in total. The van der Waals surface area contributed by atoms with E-state index in [1.54, 1.807) is 0 Å². The largest absolute Gasteiger partial charge is 0.461 e. The second kappa shape index (κ2) is 6.76. The van der Waals surface area contributed by atoms with Crippen LogP contribution in [0.3, 0.4) is 0 Å². The average Bonchev–Trinajstić information content (AvgIpc) is 2.25. The van der Waals surface area contributed by atoms with Crippen LogP contribution in [0.1, 0.15) is 26.2 Å². The van der Waals surface area contributed by atoms with E-state index in [4.69, 9.17) is 19.3 Å². The highest BCUT2D eigenvalue weighted by Crippen LogP contribution is 2.13. The van der Waals surface area contributed by atoms with Gasteiger partial charge in [-0.2, -0.15) is 0 Å². The number of hydrogen-bond donors (Lipinski definition) is 1. The molecule has 1 aliphatic rings. The van der Waals surface area contributed by atoms with Crippen LogP contribution in [0.25, 0.3) is 0 Å². The van der Waals surface area contributed by atoms with Crippen LogP contribution in [-0.2, 0) is 19.0 Å². The van der Waals surface area contributed by atoms with Crippen LogP contribution in [0.2, 0.25) is 0 Å². The third kappa shape index (κ3) is 5.11. The lowest BCUT2D eigenvalue weighted by atomic mass is 10.2. The zero-order valence-electron chi connectivity index (χ0n) is 8.98. The van der Waals surface area contributed by atoms with Gasteiger partial charge >= 0.3 is 5.97 Å². The molecular weight excluding hydrogens is 200 g/mol. The van der Waals surface area contributed by atoms with E-state index >= 15 is 0 Å². The summed E-state index contributed by atoms with van der Waals surface area (Å²) in [5.41, 5.74) is 0. The summed E-state index contributed by atoms with van der Waals surface area (Å²) in [6.45, 7) is 2.57. The maximum Gasteiger partial charge on any atom is 0.334 e. The summed E-state index contributed by atoms with van der Waals surface area (Å²) in [6, 6.07) is 0. The molecule has 1 aliphatic heterocycles. The van der Waals surface area contributed by atoms with E-state index < -0.39 is 12.1 Å². The lowest BCUT2D eigenvalue weighted by Crippen LogP contribution is -2.26. The Bertz CT molecular complexity index is 186. The Hall–Kier alpha value is -0.650. The summed E-state index contributed by atoms with van der Waals surface area (Å²) in [5, 5.41) is 8.83. The van der Waals surface area contributed by atoms with Crippen LogP contribution in [0.15, 0.2) is 0 Å². The number of esters is 1. The van der Waals surface area contributed by atoms with Crippen molar-refractivity contribution in [2.45, 2.75) is 38.6 Å². The van der Waals surface area contributed by atoms with Crippen LogP contribution in [0, 0.1) is 0 Å². The standard InChI is InChI=1S/C10H18O5/c1-8(11)10(12)15-7-6-14-9-4-2-3-5-13-9/h8-9,11H,2-7H2,1H3. The molecule has 1 N–H and O–H groups in total. The van der Waals surface area contributed by atoms with Crippen LogP contribution >= 0.6 is 0 Å². The lowest BCUT2D eigenvalue weighted by molar-refractivity contribution is -0.176. The van der Waals surface area contributed by atoms with Crippen molar-refractivity contribution in [1.29, 1.82) is 0 Å². The first-order chi connectivity index (χ1) is 7.20. The lowest BCUT2D eigenvalue weighted by Gasteiger charge is -2.22. The van der Waals surface area contributed by atoms with Gasteiger partial charge in [-0.3, -0.25) is 0 Å². The Morgan fingerprint density at radius 2 is 2.33 bits per heavy atom. The van der Waals surface area contributed by atoms with Gasteiger partial charge in [-0.05, 0) is 26.2 Å². The van der Waals surface area contributed by atoms with Gasteiger partial charge in [0.25, 0.3) is 0 Å². The number of rotatable bonds is 5. The summed E-state index contributed by atoms with van der Waals surface area (Å²) in [5.74, 6) is -0.622. The highest BCUT2D eigenvalue weighted by Gasteiger charge is 2.14. The van der Waals surface area contributed by atoms with E-state index in [1.165, 1.54) is 6.92 Å². The highest BCUT2D eigenvalue weighted by atomic mass is 16.7. The molecule has 1 fully saturated rings. The molecule has 1 heterocycles. The molecule has 0 bridgehead atoms. The summed E-state index contributed by atoms with van der Waals surface area (Å²) in [4.78, 5) is 10.8. The van der Waals surface area contributed by atoms with Crippen molar-refractivity contribution in [2.24, 2.45) is 0 Å². The van der Waals surface area contributed by atoms with E-state index in [0.29, 0.717) is 6.61 Å². The van der Waals surface area contributed by atoms with Gasteiger partial charge in [-0.25, -0.2) is 4.79 Å². The minimum Gasteiger partial charge on any atom is -0.461 e. The van der Waals surface area contributed by atoms with Gasteiger partial charge in [0.15, 0.2) is 6.29 Å². The average molecular weight is 218 g/mol. The molecule has 88 valence electrons. The molecule has 2 unspecified atom stereocenters. The number of carbonyl (C=O) groups excluding carboxylic acids is 1. The van der Waals surface area contributed by atoms with Crippen molar-refractivity contribution in [2.75, 3.05) is 19.8 Å². The Morgan fingerprint density at radius 3 is 2.93 bits per heavy atom. The number of hydrogen-bond acceptors (Lipinski definition) is 5. The third-order valence-corrected chi connectivity index (χ3v) is 2.11. The summed E-state index contributed by atoms with van der Waals surface area (Å²) in [6.07, 6.45) is 1.85. The van der Waals surface area contributed by atoms with E-state index in [0.717, 1.165) is 25.9 Å². The van der Waals surface area contributed by atoms with Crippen molar-refractivity contribution in [3.05, 3.63) is 0 Å². The number of aliphatic hydroxyl groups excluding tert-OH is 1. The quantitative estimate of drug-likeness (QED) is 0.536. The summed E-state index contributed by atoms with van der Waals surface area (Å²) < 4.78 is 15.4. The van der Waals surface area contributed by atoms with Gasteiger partial charge < -0.3 is 19.3 Å². The molecule has 2 atom stereocenters. The number of aliphatic hydroxyl groups is 1. The monoisotopic (exact) mass is 218 g/mol. The van der Waals surface area contributed by atoms with Crippen molar-refractivity contribution >= 4 is 5.97 Å². The van der Waals surface area contributed by atoms with Gasteiger partial charge in [-0.1, -0.05) is 0 Å². The molecule has 5 heteroatoms. The smallest absolute Gasteiger partial charge is 0.334 e. The Kier molecular flexibility index (Phi) is 5.60. The fourth-order valence-electron chi connectivity index (χ4n) is 1.29. The topological polar surface area (TPSA) is 65.0 Å². The SMILES string of the molecule is CC(O)C(=O)OCCOC1CCCCO1. The molecule has 1 rings (SSSR count). The first-order valence-electron chi connectivity index (χ1n) is 5.28. The van der Waals surface area contributed by atoms with Crippen molar-refractivity contribution in [1.82, 2.24) is 0 Å². The fourth-order valence-corrected chi connectivity index (χ4v) is 1.29. The van der Waals surface area contributed by atoms with Crippen LogP contribution in [0.4, 0.5) is 0 Å². The third-order valence-electron chi connectivity index (χ3n) is 2.11. The normalized spacial score (nSPS) is 23.5. The maximum atomic E-state index is 10.8. The van der Waals surface area contributed by atoms with Gasteiger partial charge in [0.2, 0.25) is 0 Å². The first kappa shape index (κ1) is 12.4. The molecule has 0 spiro atoms. The Morgan fingerprint density at radius 1 is 1.53 bits per heavy atom. The maximum absolute atomic E-state index is 10.8. The summed E-state index contributed by atoms with van der Waals surface area (Å²) >= 11 is 0. The minimum absolute atomic E-state index is 0.156. The van der Waals surface area contributed by atoms with Gasteiger partial charge in [-0.15, -0.1) is 0 Å². The molecule has 0 aliphatic carbocycles. The predicted octanol–water partition coefficient (Wildman–Crippen LogP) is 0.454. The minimum atomic E-state index is -1.07. The van der Waals surface area contributed by atoms with Crippen LogP contribution in [0.5, 0.6) is 0 Å². The van der Waals surface area contributed by atoms with E-state index in [2.05, 4.69) is 0 Å². The summed E-state index contributed by atoms with van der Waals surface area (Å²) in [7, 11) is 0. The molecule has 0 amide bonds. The van der Waals surface area contributed by atoms with Gasteiger partial charge in [0.05, 0.1) is 6.61 Å². The molecule has 0 saturated carbocycles. The molecule has 15 heavy (non-hydrogen) atoms. The van der Waals surface area contributed by atoms with E-state index in [1.807, 2.05) is 0 Å². The van der Waals surface area contributed by atoms with Gasteiger partial charge in [0, 0.05) is 6.61 Å². The molecule has 0 radical (unpaired) electrons. The van der Waals surface area contributed by atoms with E-state index in [-0.39, 0.29) is 12.9 Å². The molecule has 0 aromatic carbocycles. The Balaban J connectivity index is 1.98. The molecule has 1 saturated heterocycles. The Labute approximate surface area is 89.3 Å². The van der Waals surface area contributed by atoms with Crippen LogP contribution in [-0.4, -0.2) is 43.3 Å². The van der Waals surface area contributed by atoms with Crippen molar-refractivity contribution in [3.63, 3.8) is 0 Å². The predicted molar refractivity (Wildman–Crippen MR) is 52.2 cm³/mol. The second-order valence-electron chi connectivity index (χ2n) is 3.51. The van der Waals surface area contributed by atoms with Crippen molar-refractivity contribution in [3.8, 4) is 0 Å². The van der Waals surface area contributed by atoms with E-state index in [9.17, 15) is 4.79 Å². The molecular formula is C10H18O5. The zero-order chi connectivity index (χ0) is 11.1. The first-order valence-corrected chi connectivity index (χ1v) is 5.28. The number of carbonyl (C=O) groups is 1. The molecule has 0 aromatic rings. The second-order valence-corrected chi connectivity index (χ2v) is 3.51. The highest BCUT2D eigenvalue weighted by molar-refractivity contribution is 5.73. The van der Waals surface area contributed by atoms with Crippen LogP contribution < -0.4 is 0 Å². The van der Waals surface area contributed by atoms with Crippen molar-refractivity contribution < 1.29 is 24.1 Å². The fraction of sp³-hybridized carbons (Fsp3) is 0.900.